The van der Waals surface area contributed by atoms with Gasteiger partial charge in [-0.05, 0) is 37.6 Å². The molecule has 0 bridgehead atoms. The van der Waals surface area contributed by atoms with Gasteiger partial charge in [0.25, 0.3) is 0 Å². The lowest BCUT2D eigenvalue weighted by molar-refractivity contribution is -0.142. The molecular formula is C12H13BrFNO2. The van der Waals surface area contributed by atoms with E-state index in [1.807, 2.05) is 4.90 Å². The summed E-state index contributed by atoms with van der Waals surface area (Å²) in [5.41, 5.74) is 0.535. The molecule has 1 atom stereocenters. The van der Waals surface area contributed by atoms with Crippen LogP contribution in [0.4, 0.5) is 4.39 Å². The Labute approximate surface area is 107 Å². The molecule has 3 nitrogen and oxygen atoms in total. The molecule has 1 fully saturated rings. The number of nitrogens with zero attached hydrogens (tertiary/aromatic N) is 1. The molecule has 1 aliphatic rings. The van der Waals surface area contributed by atoms with Crippen LogP contribution in [0.5, 0.6) is 0 Å². The summed E-state index contributed by atoms with van der Waals surface area (Å²) in [6.07, 6.45) is 1.50. The lowest BCUT2D eigenvalue weighted by atomic mass is 10.1. The van der Waals surface area contributed by atoms with Crippen molar-refractivity contribution < 1.29 is 14.3 Å². The third kappa shape index (κ3) is 2.84. The van der Waals surface area contributed by atoms with Gasteiger partial charge >= 0.3 is 5.97 Å². The number of likely N-dealkylation sites (tertiary alicyclic amines) is 1. The lowest BCUT2D eigenvalue weighted by Gasteiger charge is -2.21. The van der Waals surface area contributed by atoms with Crippen LogP contribution in [0.1, 0.15) is 18.4 Å². The smallest absolute Gasteiger partial charge is 0.320 e. The summed E-state index contributed by atoms with van der Waals surface area (Å²) in [7, 11) is 0. The van der Waals surface area contributed by atoms with Gasteiger partial charge in [-0.15, -0.1) is 0 Å². The highest BCUT2D eigenvalue weighted by Gasteiger charge is 2.30. The second-order valence-electron chi connectivity index (χ2n) is 4.20. The summed E-state index contributed by atoms with van der Waals surface area (Å²) < 4.78 is 14.4. The summed E-state index contributed by atoms with van der Waals surface area (Å²) in [6.45, 7) is 1.06. The number of carbonyl (C=O) groups is 1. The molecule has 0 amide bonds. The number of rotatable bonds is 3. The second-order valence-corrected chi connectivity index (χ2v) is 5.12. The van der Waals surface area contributed by atoms with Crippen LogP contribution in [-0.2, 0) is 11.3 Å². The Bertz CT molecular complexity index is 439. The maximum absolute atomic E-state index is 13.6. The highest BCUT2D eigenvalue weighted by molar-refractivity contribution is 9.10. The van der Waals surface area contributed by atoms with E-state index in [-0.39, 0.29) is 5.82 Å². The zero-order valence-corrected chi connectivity index (χ0v) is 10.8. The minimum Gasteiger partial charge on any atom is -0.480 e. The number of hydrogen-bond donors (Lipinski definition) is 1. The molecule has 1 heterocycles. The fraction of sp³-hybridized carbons (Fsp3) is 0.417. The fourth-order valence-corrected chi connectivity index (χ4v) is 2.59. The maximum Gasteiger partial charge on any atom is 0.320 e. The van der Waals surface area contributed by atoms with E-state index in [2.05, 4.69) is 15.9 Å². The van der Waals surface area contributed by atoms with E-state index in [0.29, 0.717) is 25.1 Å². The van der Waals surface area contributed by atoms with Crippen molar-refractivity contribution >= 4 is 21.9 Å². The number of carboxylic acid groups (broad SMARTS) is 1. The molecule has 0 aromatic heterocycles. The average molecular weight is 302 g/mol. The van der Waals surface area contributed by atoms with Crippen LogP contribution in [0.3, 0.4) is 0 Å². The van der Waals surface area contributed by atoms with Gasteiger partial charge in [0.2, 0.25) is 0 Å². The fourth-order valence-electron chi connectivity index (χ4n) is 2.18. The van der Waals surface area contributed by atoms with Crippen LogP contribution in [0.2, 0.25) is 0 Å². The maximum atomic E-state index is 13.6. The van der Waals surface area contributed by atoms with Crippen LogP contribution in [-0.4, -0.2) is 28.6 Å². The van der Waals surface area contributed by atoms with E-state index in [1.54, 1.807) is 12.1 Å². The molecule has 1 N–H and O–H groups in total. The van der Waals surface area contributed by atoms with Crippen LogP contribution < -0.4 is 0 Å². The molecular weight excluding hydrogens is 289 g/mol. The first-order valence-corrected chi connectivity index (χ1v) is 6.28. The number of benzene rings is 1. The Balaban J connectivity index is 2.15. The van der Waals surface area contributed by atoms with Crippen molar-refractivity contribution in [2.75, 3.05) is 6.54 Å². The first kappa shape index (κ1) is 12.5. The molecule has 1 aliphatic heterocycles. The van der Waals surface area contributed by atoms with Gasteiger partial charge in [-0.25, -0.2) is 4.39 Å². The zero-order valence-electron chi connectivity index (χ0n) is 9.20. The first-order valence-electron chi connectivity index (χ1n) is 5.48. The molecule has 0 spiro atoms. The number of halogens is 2. The van der Waals surface area contributed by atoms with Gasteiger partial charge in [-0.1, -0.05) is 15.9 Å². The van der Waals surface area contributed by atoms with E-state index in [9.17, 15) is 9.18 Å². The SMILES string of the molecule is O=C(O)[C@H]1CCCN1Cc1cc(Br)ccc1F. The zero-order chi connectivity index (χ0) is 12.4. The third-order valence-electron chi connectivity index (χ3n) is 3.03. The third-order valence-corrected chi connectivity index (χ3v) is 3.52. The van der Waals surface area contributed by atoms with Crippen LogP contribution >= 0.6 is 15.9 Å². The molecule has 17 heavy (non-hydrogen) atoms. The summed E-state index contributed by atoms with van der Waals surface area (Å²) >= 11 is 3.29. The van der Waals surface area contributed by atoms with Crippen molar-refractivity contribution in [2.45, 2.75) is 25.4 Å². The van der Waals surface area contributed by atoms with Crippen LogP contribution in [0, 0.1) is 5.82 Å². The molecule has 0 unspecified atom stereocenters. The second kappa shape index (κ2) is 5.14. The van der Waals surface area contributed by atoms with Gasteiger partial charge in [0.15, 0.2) is 0 Å². The molecule has 0 saturated carbocycles. The van der Waals surface area contributed by atoms with Gasteiger partial charge in [0.1, 0.15) is 11.9 Å². The van der Waals surface area contributed by atoms with Crippen molar-refractivity contribution in [1.29, 1.82) is 0 Å². The van der Waals surface area contributed by atoms with Gasteiger partial charge in [0, 0.05) is 16.6 Å². The molecule has 2 rings (SSSR count). The number of hydrogen-bond acceptors (Lipinski definition) is 2. The van der Waals surface area contributed by atoms with Crippen molar-refractivity contribution in [2.24, 2.45) is 0 Å². The summed E-state index contributed by atoms with van der Waals surface area (Å²) in [4.78, 5) is 12.8. The highest BCUT2D eigenvalue weighted by Crippen LogP contribution is 2.23. The Morgan fingerprint density at radius 1 is 1.59 bits per heavy atom. The normalized spacial score (nSPS) is 20.7. The number of aliphatic carboxylic acids is 1. The van der Waals surface area contributed by atoms with E-state index in [4.69, 9.17) is 5.11 Å². The average Bonchev–Trinajstić information content (AvgIpc) is 2.71. The van der Waals surface area contributed by atoms with Gasteiger partial charge < -0.3 is 5.11 Å². The molecule has 1 aromatic rings. The van der Waals surface area contributed by atoms with Gasteiger partial charge in [-0.3, -0.25) is 9.69 Å². The lowest BCUT2D eigenvalue weighted by Crippen LogP contribution is -2.35. The minimum absolute atomic E-state index is 0.288. The molecule has 0 aliphatic carbocycles. The van der Waals surface area contributed by atoms with Crippen molar-refractivity contribution in [3.8, 4) is 0 Å². The molecule has 1 saturated heterocycles. The Kier molecular flexibility index (Phi) is 3.79. The van der Waals surface area contributed by atoms with E-state index in [1.165, 1.54) is 6.07 Å². The summed E-state index contributed by atoms with van der Waals surface area (Å²) in [5.74, 6) is -1.11. The standard InChI is InChI=1S/C12H13BrFNO2/c13-9-3-4-10(14)8(6-9)7-15-5-1-2-11(15)12(16)17/h3-4,6,11H,1-2,5,7H2,(H,16,17)/t11-/m1/s1. The van der Waals surface area contributed by atoms with Gasteiger partial charge in [0.05, 0.1) is 0 Å². The van der Waals surface area contributed by atoms with E-state index in [0.717, 1.165) is 10.9 Å². The monoisotopic (exact) mass is 301 g/mol. The van der Waals surface area contributed by atoms with E-state index >= 15 is 0 Å². The quantitative estimate of drug-likeness (QED) is 0.933. The predicted molar refractivity (Wildman–Crippen MR) is 65.2 cm³/mol. The molecule has 0 radical (unpaired) electrons. The summed E-state index contributed by atoms with van der Waals surface area (Å²) in [5, 5.41) is 9.04. The topological polar surface area (TPSA) is 40.5 Å². The summed E-state index contributed by atoms with van der Waals surface area (Å²) in [6, 6.07) is 4.25. The van der Waals surface area contributed by atoms with Crippen LogP contribution in [0.25, 0.3) is 0 Å². The largest absolute Gasteiger partial charge is 0.480 e. The Morgan fingerprint density at radius 3 is 3.06 bits per heavy atom. The van der Waals surface area contributed by atoms with Crippen molar-refractivity contribution in [3.63, 3.8) is 0 Å². The highest BCUT2D eigenvalue weighted by atomic mass is 79.9. The predicted octanol–water partition coefficient (Wildman–Crippen LogP) is 2.64. The van der Waals surface area contributed by atoms with E-state index < -0.39 is 12.0 Å². The number of carboxylic acids is 1. The Hall–Kier alpha value is -0.940. The first-order chi connectivity index (χ1) is 8.08. The molecule has 1 aromatic carbocycles. The van der Waals surface area contributed by atoms with Crippen molar-refractivity contribution in [1.82, 2.24) is 4.90 Å². The Morgan fingerprint density at radius 2 is 2.35 bits per heavy atom. The minimum atomic E-state index is -0.821. The van der Waals surface area contributed by atoms with Crippen molar-refractivity contribution in [3.05, 3.63) is 34.1 Å². The molecule has 92 valence electrons. The molecule has 5 heteroatoms. The van der Waals surface area contributed by atoms with Crippen LogP contribution in [0.15, 0.2) is 22.7 Å². The van der Waals surface area contributed by atoms with Gasteiger partial charge in [-0.2, -0.15) is 0 Å².